The molecule has 0 aromatic heterocycles. The average Bonchev–Trinajstić information content (AvgIpc) is 2.74. The summed E-state index contributed by atoms with van der Waals surface area (Å²) in [4.78, 5) is 23.8. The maximum absolute atomic E-state index is 11.9. The van der Waals surface area contributed by atoms with E-state index in [4.69, 9.17) is 14.2 Å². The van der Waals surface area contributed by atoms with Gasteiger partial charge in [0.1, 0.15) is 6.61 Å². The molecule has 1 amide bonds. The second kappa shape index (κ2) is 12.5. The maximum Gasteiger partial charge on any atom is 0.408 e. The van der Waals surface area contributed by atoms with E-state index in [1.165, 1.54) is 12.7 Å². The predicted octanol–water partition coefficient (Wildman–Crippen LogP) is 2.26. The number of amides is 1. The summed E-state index contributed by atoms with van der Waals surface area (Å²) in [5, 5.41) is 5.72. The van der Waals surface area contributed by atoms with E-state index in [1.54, 1.807) is 0 Å². The number of hydrogen-bond donors (Lipinski definition) is 2. The monoisotopic (exact) mass is 386 g/mol. The zero-order valence-corrected chi connectivity index (χ0v) is 15.9. The van der Waals surface area contributed by atoms with Crippen molar-refractivity contribution in [3.63, 3.8) is 0 Å². The summed E-state index contributed by atoms with van der Waals surface area (Å²) in [6.45, 7) is 1.85. The van der Waals surface area contributed by atoms with Crippen molar-refractivity contribution in [2.45, 2.75) is 19.2 Å². The number of methoxy groups -OCH3 is 1. The van der Waals surface area contributed by atoms with Crippen LogP contribution in [0.1, 0.15) is 11.1 Å². The lowest BCUT2D eigenvalue weighted by molar-refractivity contribution is -0.144. The minimum Gasteiger partial charge on any atom is -0.467 e. The summed E-state index contributed by atoms with van der Waals surface area (Å²) in [5.41, 5.74) is 2.03. The Kier molecular flexibility index (Phi) is 9.54. The number of nitrogens with one attached hydrogen (secondary N) is 2. The van der Waals surface area contributed by atoms with Crippen molar-refractivity contribution in [1.29, 1.82) is 0 Å². The van der Waals surface area contributed by atoms with Gasteiger partial charge in [0.05, 0.1) is 20.3 Å². The van der Waals surface area contributed by atoms with Crippen molar-refractivity contribution in [2.75, 3.05) is 26.9 Å². The summed E-state index contributed by atoms with van der Waals surface area (Å²) >= 11 is 0. The number of carbonyl (C=O) groups is 2. The molecule has 0 aliphatic carbocycles. The fourth-order valence-electron chi connectivity index (χ4n) is 2.39. The molecule has 0 bridgehead atoms. The third-order valence-electron chi connectivity index (χ3n) is 3.87. The summed E-state index contributed by atoms with van der Waals surface area (Å²) in [6, 6.07) is 18.4. The molecule has 0 aliphatic heterocycles. The van der Waals surface area contributed by atoms with Crippen LogP contribution in [0.15, 0.2) is 60.7 Å². The molecule has 0 saturated heterocycles. The van der Waals surface area contributed by atoms with Crippen molar-refractivity contribution >= 4 is 12.1 Å². The Hall–Kier alpha value is -2.90. The van der Waals surface area contributed by atoms with E-state index in [9.17, 15) is 9.59 Å². The number of esters is 1. The van der Waals surface area contributed by atoms with Gasteiger partial charge in [-0.25, -0.2) is 9.59 Å². The summed E-state index contributed by atoms with van der Waals surface area (Å²) in [7, 11) is 1.26. The summed E-state index contributed by atoms with van der Waals surface area (Å²) in [6.07, 6.45) is -0.704. The SMILES string of the molecule is COC(=O)C(COCCNCc1ccccc1)NC(=O)OCc1ccccc1. The van der Waals surface area contributed by atoms with Gasteiger partial charge in [-0.15, -0.1) is 0 Å². The Labute approximate surface area is 165 Å². The number of ether oxygens (including phenoxy) is 3. The van der Waals surface area contributed by atoms with Gasteiger partial charge < -0.3 is 24.8 Å². The lowest BCUT2D eigenvalue weighted by atomic mass is 10.2. The number of alkyl carbamates (subject to hydrolysis) is 1. The molecule has 2 aromatic rings. The first-order chi connectivity index (χ1) is 13.7. The molecule has 0 spiro atoms. The minimum atomic E-state index is -0.928. The van der Waals surface area contributed by atoms with E-state index < -0.39 is 18.1 Å². The Morgan fingerprint density at radius 3 is 2.25 bits per heavy atom. The van der Waals surface area contributed by atoms with E-state index in [-0.39, 0.29) is 13.2 Å². The normalized spacial score (nSPS) is 11.5. The second-order valence-corrected chi connectivity index (χ2v) is 6.02. The van der Waals surface area contributed by atoms with Crippen LogP contribution < -0.4 is 10.6 Å². The van der Waals surface area contributed by atoms with Crippen LogP contribution in [-0.2, 0) is 32.2 Å². The number of hydrogen-bond acceptors (Lipinski definition) is 6. The van der Waals surface area contributed by atoms with Crippen LogP contribution in [0.5, 0.6) is 0 Å². The van der Waals surface area contributed by atoms with Gasteiger partial charge in [0.25, 0.3) is 0 Å². The zero-order chi connectivity index (χ0) is 20.0. The fraction of sp³-hybridized carbons (Fsp3) is 0.333. The van der Waals surface area contributed by atoms with Crippen molar-refractivity contribution in [2.24, 2.45) is 0 Å². The van der Waals surface area contributed by atoms with Gasteiger partial charge in [-0.05, 0) is 11.1 Å². The van der Waals surface area contributed by atoms with Crippen LogP contribution in [0.25, 0.3) is 0 Å². The van der Waals surface area contributed by atoms with E-state index in [0.29, 0.717) is 13.2 Å². The van der Waals surface area contributed by atoms with Crippen LogP contribution >= 0.6 is 0 Å². The molecule has 0 heterocycles. The third kappa shape index (κ3) is 8.20. The molecule has 0 radical (unpaired) electrons. The second-order valence-electron chi connectivity index (χ2n) is 6.02. The molecular formula is C21H26N2O5. The number of carbonyl (C=O) groups excluding carboxylic acids is 2. The molecule has 2 aromatic carbocycles. The van der Waals surface area contributed by atoms with E-state index in [2.05, 4.69) is 10.6 Å². The molecule has 0 saturated carbocycles. The Morgan fingerprint density at radius 1 is 0.964 bits per heavy atom. The van der Waals surface area contributed by atoms with Crippen LogP contribution in [0.3, 0.4) is 0 Å². The molecule has 1 atom stereocenters. The van der Waals surface area contributed by atoms with Gasteiger partial charge in [0.2, 0.25) is 0 Å². The largest absolute Gasteiger partial charge is 0.467 e. The molecule has 7 nitrogen and oxygen atoms in total. The van der Waals surface area contributed by atoms with E-state index in [1.807, 2.05) is 60.7 Å². The van der Waals surface area contributed by atoms with E-state index >= 15 is 0 Å². The highest BCUT2D eigenvalue weighted by Gasteiger charge is 2.22. The fourth-order valence-corrected chi connectivity index (χ4v) is 2.39. The van der Waals surface area contributed by atoms with Crippen molar-refractivity contribution in [1.82, 2.24) is 10.6 Å². The van der Waals surface area contributed by atoms with Gasteiger partial charge in [-0.1, -0.05) is 60.7 Å². The molecule has 2 N–H and O–H groups in total. The maximum atomic E-state index is 11.9. The van der Waals surface area contributed by atoms with Crippen molar-refractivity contribution < 1.29 is 23.8 Å². The highest BCUT2D eigenvalue weighted by atomic mass is 16.6. The minimum absolute atomic E-state index is 0.000126. The smallest absolute Gasteiger partial charge is 0.408 e. The molecule has 1 unspecified atom stereocenters. The summed E-state index contributed by atoms with van der Waals surface area (Å²) < 4.78 is 15.3. The highest BCUT2D eigenvalue weighted by Crippen LogP contribution is 2.01. The third-order valence-corrected chi connectivity index (χ3v) is 3.87. The van der Waals surface area contributed by atoms with Crippen molar-refractivity contribution in [3.05, 3.63) is 71.8 Å². The first-order valence-corrected chi connectivity index (χ1v) is 9.06. The Morgan fingerprint density at radius 2 is 1.61 bits per heavy atom. The molecule has 7 heteroatoms. The molecule has 0 fully saturated rings. The van der Waals surface area contributed by atoms with Gasteiger partial charge in [0.15, 0.2) is 6.04 Å². The van der Waals surface area contributed by atoms with Crippen LogP contribution in [0.2, 0.25) is 0 Å². The van der Waals surface area contributed by atoms with Gasteiger partial charge in [0, 0.05) is 13.1 Å². The van der Waals surface area contributed by atoms with Gasteiger partial charge in [-0.2, -0.15) is 0 Å². The topological polar surface area (TPSA) is 85.9 Å². The summed E-state index contributed by atoms with van der Waals surface area (Å²) in [5.74, 6) is -0.589. The van der Waals surface area contributed by atoms with Crippen LogP contribution in [0.4, 0.5) is 4.79 Å². The zero-order valence-electron chi connectivity index (χ0n) is 15.9. The molecule has 28 heavy (non-hydrogen) atoms. The van der Waals surface area contributed by atoms with Crippen LogP contribution in [-0.4, -0.2) is 45.0 Å². The Bertz CT molecular complexity index is 709. The Balaban J connectivity index is 1.66. The van der Waals surface area contributed by atoms with Crippen molar-refractivity contribution in [3.8, 4) is 0 Å². The number of benzene rings is 2. The molecule has 150 valence electrons. The lowest BCUT2D eigenvalue weighted by Gasteiger charge is -2.16. The number of rotatable bonds is 11. The standard InChI is InChI=1S/C21H26N2O5/c1-26-20(24)19(23-21(25)28-15-18-10-6-3-7-11-18)16-27-13-12-22-14-17-8-4-2-5-9-17/h2-11,19,22H,12-16H2,1H3,(H,23,25). The lowest BCUT2D eigenvalue weighted by Crippen LogP contribution is -2.45. The molecular weight excluding hydrogens is 360 g/mol. The first-order valence-electron chi connectivity index (χ1n) is 9.06. The predicted molar refractivity (Wildman–Crippen MR) is 105 cm³/mol. The highest BCUT2D eigenvalue weighted by molar-refractivity contribution is 5.81. The van der Waals surface area contributed by atoms with Gasteiger partial charge in [-0.3, -0.25) is 0 Å². The van der Waals surface area contributed by atoms with E-state index in [0.717, 1.165) is 12.1 Å². The quantitative estimate of drug-likeness (QED) is 0.455. The molecule has 0 aliphatic rings. The van der Waals surface area contributed by atoms with Crippen LogP contribution in [0, 0.1) is 0 Å². The first kappa shape index (κ1) is 21.4. The van der Waals surface area contributed by atoms with Gasteiger partial charge >= 0.3 is 12.1 Å². The average molecular weight is 386 g/mol. The molecule has 2 rings (SSSR count).